The first-order valence-corrected chi connectivity index (χ1v) is 4.66. The van der Waals surface area contributed by atoms with Crippen molar-refractivity contribution in [1.82, 2.24) is 5.48 Å². The van der Waals surface area contributed by atoms with E-state index in [2.05, 4.69) is 4.84 Å². The molecule has 0 aliphatic carbocycles. The summed E-state index contributed by atoms with van der Waals surface area (Å²) in [4.78, 5) is 15.3. The first kappa shape index (κ1) is 14.2. The highest BCUT2D eigenvalue weighted by Crippen LogP contribution is 2.21. The molecule has 0 unspecified atom stereocenters. The van der Waals surface area contributed by atoms with E-state index < -0.39 is 30.1 Å². The minimum atomic E-state index is -4.59. The Hall–Kier alpha value is -1.83. The average molecular weight is 267 g/mol. The lowest BCUT2D eigenvalue weighted by Crippen LogP contribution is -2.30. The van der Waals surface area contributed by atoms with Gasteiger partial charge in [0.15, 0.2) is 6.61 Å². The molecule has 1 aromatic rings. The number of ether oxygens (including phenoxy) is 1. The van der Waals surface area contributed by atoms with Crippen molar-refractivity contribution in [3.63, 3.8) is 0 Å². The highest BCUT2D eigenvalue weighted by atomic mass is 19.4. The molecule has 1 rings (SSSR count). The Kier molecular flexibility index (Phi) is 4.49. The molecular formula is C10H9F4NO3. The van der Waals surface area contributed by atoms with E-state index in [1.165, 1.54) is 24.7 Å². The van der Waals surface area contributed by atoms with Gasteiger partial charge in [0.2, 0.25) is 0 Å². The number of carbonyl (C=O) groups excluding carboxylic acids is 1. The highest BCUT2D eigenvalue weighted by Gasteiger charge is 2.28. The van der Waals surface area contributed by atoms with E-state index in [-0.39, 0.29) is 5.75 Å². The van der Waals surface area contributed by atoms with Crippen LogP contribution in [0.5, 0.6) is 5.75 Å². The summed E-state index contributed by atoms with van der Waals surface area (Å²) in [5.41, 5.74) is 0.966. The number of benzene rings is 1. The summed E-state index contributed by atoms with van der Waals surface area (Å²) in [7, 11) is 1.20. The smallest absolute Gasteiger partial charge is 0.414 e. The van der Waals surface area contributed by atoms with Crippen LogP contribution in [0.3, 0.4) is 0 Å². The topological polar surface area (TPSA) is 47.6 Å². The number of amides is 1. The first-order valence-electron chi connectivity index (χ1n) is 4.66. The molecule has 1 aromatic carbocycles. The van der Waals surface area contributed by atoms with Gasteiger partial charge in [-0.25, -0.2) is 9.87 Å². The van der Waals surface area contributed by atoms with Crippen LogP contribution in [-0.2, 0) is 4.84 Å². The fraction of sp³-hybridized carbons (Fsp3) is 0.300. The number of halogens is 4. The van der Waals surface area contributed by atoms with Crippen LogP contribution in [0.15, 0.2) is 18.2 Å². The Morgan fingerprint density at radius 3 is 2.61 bits per heavy atom. The van der Waals surface area contributed by atoms with Crippen LogP contribution < -0.4 is 10.2 Å². The Bertz CT molecular complexity index is 434. The molecule has 100 valence electrons. The van der Waals surface area contributed by atoms with Crippen molar-refractivity contribution in [3.05, 3.63) is 29.6 Å². The summed E-state index contributed by atoms with van der Waals surface area (Å²) in [6.07, 6.45) is -4.59. The van der Waals surface area contributed by atoms with Crippen LogP contribution in [0.2, 0.25) is 0 Å². The molecule has 0 radical (unpaired) electrons. The van der Waals surface area contributed by atoms with E-state index in [1.807, 2.05) is 0 Å². The van der Waals surface area contributed by atoms with Crippen LogP contribution >= 0.6 is 0 Å². The second-order valence-corrected chi connectivity index (χ2v) is 3.15. The number of methoxy groups -OCH3 is 1. The molecule has 0 spiro atoms. The third-order valence-corrected chi connectivity index (χ3v) is 1.82. The lowest BCUT2D eigenvalue weighted by Gasteiger charge is -2.11. The third kappa shape index (κ3) is 3.88. The van der Waals surface area contributed by atoms with Crippen molar-refractivity contribution in [2.24, 2.45) is 0 Å². The number of hydrogen-bond acceptors (Lipinski definition) is 3. The fourth-order valence-electron chi connectivity index (χ4n) is 1.13. The zero-order valence-electron chi connectivity index (χ0n) is 9.18. The molecule has 18 heavy (non-hydrogen) atoms. The molecule has 1 N–H and O–H groups in total. The molecule has 0 aromatic heterocycles. The molecule has 8 heteroatoms. The molecule has 0 bridgehead atoms. The van der Waals surface area contributed by atoms with E-state index in [0.717, 1.165) is 6.07 Å². The minimum Gasteiger partial charge on any atom is -0.496 e. The zero-order chi connectivity index (χ0) is 13.8. The van der Waals surface area contributed by atoms with E-state index in [0.29, 0.717) is 0 Å². The SMILES string of the molecule is COc1cccc(F)c1C(=O)NOCC(F)(F)F. The van der Waals surface area contributed by atoms with Crippen LogP contribution in [0.25, 0.3) is 0 Å². The first-order chi connectivity index (χ1) is 8.35. The number of hydrogen-bond donors (Lipinski definition) is 1. The Morgan fingerprint density at radius 2 is 2.06 bits per heavy atom. The van der Waals surface area contributed by atoms with Gasteiger partial charge in [0, 0.05) is 0 Å². The number of alkyl halides is 3. The second-order valence-electron chi connectivity index (χ2n) is 3.15. The normalized spacial score (nSPS) is 11.2. The molecule has 0 fully saturated rings. The van der Waals surface area contributed by atoms with Crippen LogP contribution in [0.1, 0.15) is 10.4 Å². The van der Waals surface area contributed by atoms with Gasteiger partial charge in [0.1, 0.15) is 17.1 Å². The second kappa shape index (κ2) is 5.67. The summed E-state index contributed by atoms with van der Waals surface area (Å²) in [6.45, 7) is -1.67. The van der Waals surface area contributed by atoms with Crippen molar-refractivity contribution in [1.29, 1.82) is 0 Å². The van der Waals surface area contributed by atoms with Crippen molar-refractivity contribution in [2.45, 2.75) is 6.18 Å². The van der Waals surface area contributed by atoms with Gasteiger partial charge in [-0.3, -0.25) is 9.63 Å². The number of rotatable bonds is 4. The monoisotopic (exact) mass is 267 g/mol. The van der Waals surface area contributed by atoms with Crippen molar-refractivity contribution in [3.8, 4) is 5.75 Å². The zero-order valence-corrected chi connectivity index (χ0v) is 9.18. The maximum atomic E-state index is 13.3. The third-order valence-electron chi connectivity index (χ3n) is 1.82. The fourth-order valence-corrected chi connectivity index (χ4v) is 1.13. The van der Waals surface area contributed by atoms with Crippen molar-refractivity contribution >= 4 is 5.91 Å². The van der Waals surface area contributed by atoms with Crippen LogP contribution in [0, 0.1) is 5.82 Å². The van der Waals surface area contributed by atoms with Gasteiger partial charge in [0.05, 0.1) is 7.11 Å². The van der Waals surface area contributed by atoms with Gasteiger partial charge in [-0.15, -0.1) is 0 Å². The molecule has 0 atom stereocenters. The summed E-state index contributed by atoms with van der Waals surface area (Å²) < 4.78 is 53.3. The minimum absolute atomic E-state index is 0.108. The van der Waals surface area contributed by atoms with Crippen molar-refractivity contribution < 1.29 is 31.9 Å². The molecule has 0 aliphatic heterocycles. The predicted molar refractivity (Wildman–Crippen MR) is 52.4 cm³/mol. The molecular weight excluding hydrogens is 258 g/mol. The predicted octanol–water partition coefficient (Wildman–Crippen LogP) is 2.06. The lowest BCUT2D eigenvalue weighted by molar-refractivity contribution is -0.184. The van der Waals surface area contributed by atoms with E-state index in [4.69, 9.17) is 4.74 Å². The maximum Gasteiger partial charge on any atom is 0.414 e. The summed E-state index contributed by atoms with van der Waals surface area (Å²) in [5.74, 6) is -2.19. The average Bonchev–Trinajstić information content (AvgIpc) is 2.26. The van der Waals surface area contributed by atoms with Gasteiger partial charge in [-0.1, -0.05) is 6.07 Å². The number of carbonyl (C=O) groups is 1. The summed E-state index contributed by atoms with van der Waals surface area (Å²) in [6, 6.07) is 3.56. The molecule has 0 saturated carbocycles. The Labute approximate surface area is 99.4 Å². The highest BCUT2D eigenvalue weighted by molar-refractivity contribution is 5.96. The van der Waals surface area contributed by atoms with Crippen molar-refractivity contribution in [2.75, 3.05) is 13.7 Å². The van der Waals surface area contributed by atoms with E-state index in [1.54, 1.807) is 0 Å². The molecule has 0 heterocycles. The lowest BCUT2D eigenvalue weighted by atomic mass is 10.2. The number of nitrogens with one attached hydrogen (secondary N) is 1. The maximum absolute atomic E-state index is 13.3. The quantitative estimate of drug-likeness (QED) is 0.671. The Balaban J connectivity index is 2.73. The van der Waals surface area contributed by atoms with Gasteiger partial charge in [-0.2, -0.15) is 13.2 Å². The largest absolute Gasteiger partial charge is 0.496 e. The Morgan fingerprint density at radius 1 is 1.39 bits per heavy atom. The summed E-state index contributed by atoms with van der Waals surface area (Å²) >= 11 is 0. The van der Waals surface area contributed by atoms with Gasteiger partial charge < -0.3 is 4.74 Å². The van der Waals surface area contributed by atoms with E-state index in [9.17, 15) is 22.4 Å². The van der Waals surface area contributed by atoms with Gasteiger partial charge in [0.25, 0.3) is 5.91 Å². The summed E-state index contributed by atoms with van der Waals surface area (Å²) in [5, 5.41) is 0. The molecule has 4 nitrogen and oxygen atoms in total. The molecule has 0 saturated heterocycles. The van der Waals surface area contributed by atoms with Crippen LogP contribution in [0.4, 0.5) is 17.6 Å². The standard InChI is InChI=1S/C10H9F4NO3/c1-17-7-4-2-3-6(11)8(7)9(16)15-18-5-10(12,13)14/h2-4H,5H2,1H3,(H,15,16). The number of hydroxylamine groups is 1. The van der Waals surface area contributed by atoms with Gasteiger partial charge in [-0.05, 0) is 12.1 Å². The van der Waals surface area contributed by atoms with Crippen LogP contribution in [-0.4, -0.2) is 25.8 Å². The van der Waals surface area contributed by atoms with E-state index >= 15 is 0 Å². The van der Waals surface area contributed by atoms with Gasteiger partial charge >= 0.3 is 6.18 Å². The molecule has 0 aliphatic rings. The molecule has 1 amide bonds.